The van der Waals surface area contributed by atoms with E-state index in [1.165, 1.54) is 53.9 Å². The first-order chi connectivity index (χ1) is 18.6. The standard InChI is InChI=1S/C26H26ClN3O7S2/c1-36-23-13-12-20(38(32,33)29-14-4-5-15-29)16-21(23)28-26(31)25-17-30(22-6-2-3-7-24(22)37-25)39(34,35)19-10-8-18(27)9-11-19/h2-3,6-13,16,25H,4-5,14-15,17H2,1H3,(H,28,31). The van der Waals surface area contributed by atoms with Crippen molar-refractivity contribution >= 4 is 48.9 Å². The molecule has 39 heavy (non-hydrogen) atoms. The summed E-state index contributed by atoms with van der Waals surface area (Å²) >= 11 is 5.94. The smallest absolute Gasteiger partial charge is 0.267 e. The highest BCUT2D eigenvalue weighted by Gasteiger charge is 2.38. The SMILES string of the molecule is COc1ccc(S(=O)(=O)N2CCCC2)cc1NC(=O)C1CN(S(=O)(=O)c2ccc(Cl)cc2)c2ccccc2O1. The molecule has 206 valence electrons. The van der Waals surface area contributed by atoms with Gasteiger partial charge >= 0.3 is 0 Å². The number of nitrogens with zero attached hydrogens (tertiary/aromatic N) is 2. The van der Waals surface area contributed by atoms with Gasteiger partial charge < -0.3 is 14.8 Å². The van der Waals surface area contributed by atoms with Gasteiger partial charge in [-0.15, -0.1) is 0 Å². The van der Waals surface area contributed by atoms with Crippen LogP contribution in [0.5, 0.6) is 11.5 Å². The fourth-order valence-corrected chi connectivity index (χ4v) is 7.68. The van der Waals surface area contributed by atoms with Gasteiger partial charge in [-0.2, -0.15) is 4.31 Å². The lowest BCUT2D eigenvalue weighted by Crippen LogP contribution is -2.48. The molecule has 10 nitrogen and oxygen atoms in total. The quantitative estimate of drug-likeness (QED) is 0.444. The average molecular weight is 592 g/mol. The van der Waals surface area contributed by atoms with Crippen LogP contribution in [0.4, 0.5) is 11.4 Å². The summed E-state index contributed by atoms with van der Waals surface area (Å²) in [5.41, 5.74) is 0.408. The van der Waals surface area contributed by atoms with Crippen molar-refractivity contribution < 1.29 is 31.1 Å². The van der Waals surface area contributed by atoms with E-state index in [0.717, 1.165) is 17.1 Å². The molecule has 3 aromatic rings. The summed E-state index contributed by atoms with van der Waals surface area (Å²) in [6.07, 6.45) is 0.328. The van der Waals surface area contributed by atoms with Gasteiger partial charge in [0.15, 0.2) is 6.10 Å². The Balaban J connectivity index is 1.45. The third kappa shape index (κ3) is 5.29. The molecule has 0 saturated carbocycles. The Morgan fingerprint density at radius 3 is 2.31 bits per heavy atom. The lowest BCUT2D eigenvalue weighted by atomic mass is 10.2. The summed E-state index contributed by atoms with van der Waals surface area (Å²) in [4.78, 5) is 13.4. The molecule has 3 aromatic carbocycles. The van der Waals surface area contributed by atoms with Crippen LogP contribution in [-0.2, 0) is 24.8 Å². The van der Waals surface area contributed by atoms with Gasteiger partial charge in [0.05, 0.1) is 34.8 Å². The summed E-state index contributed by atoms with van der Waals surface area (Å²) in [5.74, 6) is -0.223. The van der Waals surface area contributed by atoms with Crippen molar-refractivity contribution in [3.8, 4) is 11.5 Å². The monoisotopic (exact) mass is 591 g/mol. The molecule has 2 heterocycles. The highest BCUT2D eigenvalue weighted by molar-refractivity contribution is 7.92. The summed E-state index contributed by atoms with van der Waals surface area (Å²) in [5, 5.41) is 3.06. The molecule has 1 atom stereocenters. The lowest BCUT2D eigenvalue weighted by molar-refractivity contribution is -0.122. The number of anilines is 2. The Morgan fingerprint density at radius 1 is 0.949 bits per heavy atom. The lowest BCUT2D eigenvalue weighted by Gasteiger charge is -2.34. The molecule has 0 radical (unpaired) electrons. The number of hydrogen-bond acceptors (Lipinski definition) is 7. The second-order valence-corrected chi connectivity index (χ2v) is 13.3. The van der Waals surface area contributed by atoms with E-state index >= 15 is 0 Å². The number of sulfonamides is 2. The maximum Gasteiger partial charge on any atom is 0.267 e. The van der Waals surface area contributed by atoms with Gasteiger partial charge in [-0.05, 0) is 67.4 Å². The van der Waals surface area contributed by atoms with E-state index < -0.39 is 32.1 Å². The van der Waals surface area contributed by atoms with Gasteiger partial charge in [-0.3, -0.25) is 9.10 Å². The minimum atomic E-state index is -4.07. The van der Waals surface area contributed by atoms with Crippen LogP contribution < -0.4 is 19.1 Å². The zero-order valence-corrected chi connectivity index (χ0v) is 23.3. The number of ether oxygens (including phenoxy) is 2. The van der Waals surface area contributed by atoms with E-state index in [-0.39, 0.29) is 39.2 Å². The summed E-state index contributed by atoms with van der Waals surface area (Å²) in [7, 11) is -6.43. The number of para-hydroxylation sites is 2. The molecule has 0 aliphatic carbocycles. The van der Waals surface area contributed by atoms with Crippen LogP contribution in [0, 0.1) is 0 Å². The Morgan fingerprint density at radius 2 is 1.62 bits per heavy atom. The molecule has 0 aromatic heterocycles. The third-order valence-electron chi connectivity index (χ3n) is 6.56. The predicted molar refractivity (Wildman–Crippen MR) is 146 cm³/mol. The van der Waals surface area contributed by atoms with Gasteiger partial charge in [-0.25, -0.2) is 16.8 Å². The number of carbonyl (C=O) groups excluding carboxylic acids is 1. The minimum absolute atomic E-state index is 0.00394. The van der Waals surface area contributed by atoms with E-state index in [9.17, 15) is 21.6 Å². The topological polar surface area (TPSA) is 122 Å². The predicted octanol–water partition coefficient (Wildman–Crippen LogP) is 3.73. The molecule has 2 aliphatic rings. The molecule has 13 heteroatoms. The fourth-order valence-electron chi connectivity index (χ4n) is 4.54. The maximum atomic E-state index is 13.6. The Bertz CT molecular complexity index is 1610. The van der Waals surface area contributed by atoms with Crippen LogP contribution in [0.25, 0.3) is 0 Å². The Kier molecular flexibility index (Phi) is 7.47. The zero-order chi connectivity index (χ0) is 27.8. The van der Waals surface area contributed by atoms with Gasteiger partial charge in [0.2, 0.25) is 10.0 Å². The number of carbonyl (C=O) groups is 1. The first-order valence-electron chi connectivity index (χ1n) is 12.1. The zero-order valence-electron chi connectivity index (χ0n) is 20.9. The van der Waals surface area contributed by atoms with Crippen molar-refractivity contribution in [1.29, 1.82) is 0 Å². The Hall–Kier alpha value is -3.32. The maximum absolute atomic E-state index is 13.6. The number of methoxy groups -OCH3 is 1. The number of hydrogen-bond donors (Lipinski definition) is 1. The van der Waals surface area contributed by atoms with E-state index in [1.54, 1.807) is 24.3 Å². The fraction of sp³-hybridized carbons (Fsp3) is 0.269. The molecular weight excluding hydrogens is 566 g/mol. The van der Waals surface area contributed by atoms with Crippen LogP contribution >= 0.6 is 11.6 Å². The highest BCUT2D eigenvalue weighted by atomic mass is 35.5. The van der Waals surface area contributed by atoms with Gasteiger partial charge in [-0.1, -0.05) is 23.7 Å². The molecule has 1 fully saturated rings. The molecular formula is C26H26ClN3O7S2. The molecule has 5 rings (SSSR count). The van der Waals surface area contributed by atoms with Crippen LogP contribution in [0.15, 0.2) is 76.5 Å². The molecule has 0 spiro atoms. The van der Waals surface area contributed by atoms with Crippen molar-refractivity contribution in [2.24, 2.45) is 0 Å². The van der Waals surface area contributed by atoms with E-state index in [2.05, 4.69) is 5.32 Å². The molecule has 2 aliphatic heterocycles. The van der Waals surface area contributed by atoms with Crippen molar-refractivity contribution in [2.75, 3.05) is 36.4 Å². The molecule has 0 bridgehead atoms. The first kappa shape index (κ1) is 27.3. The number of benzene rings is 3. The van der Waals surface area contributed by atoms with Crippen molar-refractivity contribution in [1.82, 2.24) is 4.31 Å². The first-order valence-corrected chi connectivity index (χ1v) is 15.4. The highest BCUT2D eigenvalue weighted by Crippen LogP contribution is 2.38. The average Bonchev–Trinajstić information content (AvgIpc) is 3.49. The third-order valence-corrected chi connectivity index (χ3v) is 10.5. The number of nitrogens with one attached hydrogen (secondary N) is 1. The van der Waals surface area contributed by atoms with Gasteiger partial charge in [0, 0.05) is 18.1 Å². The summed E-state index contributed by atoms with van der Waals surface area (Å²) < 4.78 is 67.1. The van der Waals surface area contributed by atoms with Crippen LogP contribution in [0.2, 0.25) is 5.02 Å². The van der Waals surface area contributed by atoms with Crippen LogP contribution in [-0.4, -0.2) is 59.9 Å². The van der Waals surface area contributed by atoms with Crippen LogP contribution in [0.1, 0.15) is 12.8 Å². The minimum Gasteiger partial charge on any atom is -0.495 e. The normalized spacial score (nSPS) is 17.8. The number of amides is 1. The van der Waals surface area contributed by atoms with E-state index in [4.69, 9.17) is 21.1 Å². The second-order valence-electron chi connectivity index (χ2n) is 9.03. The second kappa shape index (κ2) is 10.7. The van der Waals surface area contributed by atoms with Crippen LogP contribution in [0.3, 0.4) is 0 Å². The number of halogens is 1. The van der Waals surface area contributed by atoms with Gasteiger partial charge in [0.25, 0.3) is 15.9 Å². The Labute approximate surface area is 232 Å². The number of fused-ring (bicyclic) bond motifs is 1. The molecule has 1 amide bonds. The van der Waals surface area contributed by atoms with Crippen molar-refractivity contribution in [3.63, 3.8) is 0 Å². The molecule has 1 unspecified atom stereocenters. The summed E-state index contributed by atoms with van der Waals surface area (Å²) in [6, 6.07) is 16.5. The largest absolute Gasteiger partial charge is 0.495 e. The summed E-state index contributed by atoms with van der Waals surface area (Å²) in [6.45, 7) is 0.550. The van der Waals surface area contributed by atoms with Crippen molar-refractivity contribution in [2.45, 2.75) is 28.7 Å². The van der Waals surface area contributed by atoms with Gasteiger partial charge in [0.1, 0.15) is 11.5 Å². The molecule has 1 saturated heterocycles. The number of rotatable bonds is 7. The van der Waals surface area contributed by atoms with E-state index in [0.29, 0.717) is 18.1 Å². The molecule has 1 N–H and O–H groups in total. The van der Waals surface area contributed by atoms with Crippen molar-refractivity contribution in [3.05, 3.63) is 71.8 Å². The van der Waals surface area contributed by atoms with E-state index in [1.807, 2.05) is 0 Å².